The van der Waals surface area contributed by atoms with E-state index in [0.717, 1.165) is 0 Å². The molecule has 0 aliphatic carbocycles. The molecule has 108 valence electrons. The Kier molecular flexibility index (Phi) is 8.98. The molecule has 0 bridgehead atoms. The molecule has 0 aliphatic heterocycles. The van der Waals surface area contributed by atoms with Crippen molar-refractivity contribution in [2.24, 2.45) is 5.73 Å². The Labute approximate surface area is 110 Å². The van der Waals surface area contributed by atoms with Crippen molar-refractivity contribution in [1.29, 1.82) is 0 Å². The van der Waals surface area contributed by atoms with E-state index in [1.165, 1.54) is 0 Å². The quantitative estimate of drug-likeness (QED) is 0.335. The summed E-state index contributed by atoms with van der Waals surface area (Å²) in [4.78, 5) is 43.7. The Hall–Kier alpha value is -1.96. The summed E-state index contributed by atoms with van der Waals surface area (Å²) in [6, 6.07) is -1.02. The van der Waals surface area contributed by atoms with Crippen LogP contribution in [-0.2, 0) is 19.2 Å². The van der Waals surface area contributed by atoms with Crippen LogP contribution in [0.15, 0.2) is 0 Å². The van der Waals surface area contributed by atoms with Crippen molar-refractivity contribution in [2.75, 3.05) is 13.2 Å². The van der Waals surface area contributed by atoms with Crippen LogP contribution >= 0.6 is 0 Å². The molecule has 0 saturated carbocycles. The minimum Gasteiger partial charge on any atom is -0.396 e. The molecule has 0 rings (SSSR count). The number of carbonyl (C=O) groups is 4. The van der Waals surface area contributed by atoms with E-state index in [-0.39, 0.29) is 38.3 Å². The molecule has 8 nitrogen and oxygen atoms in total. The molecule has 1 atom stereocenters. The summed E-state index contributed by atoms with van der Waals surface area (Å²) in [5.41, 5.74) is 5.09. The topological polar surface area (TPSA) is 139 Å². The standard InChI is InChI=1S/C11H19N3O5/c12-11(19)8(14-10(18)4-2-6-16)7-13-9(17)3-1-5-15/h6,8,15H,1-5,7H2,(H2,12,19)(H,13,17)(H,14,18)/t8-/m0/s1. The fourth-order valence-corrected chi connectivity index (χ4v) is 1.22. The number of nitrogens with two attached hydrogens (primary N) is 1. The van der Waals surface area contributed by atoms with Gasteiger partial charge in [-0.15, -0.1) is 0 Å². The number of rotatable bonds is 10. The zero-order valence-electron chi connectivity index (χ0n) is 10.6. The summed E-state index contributed by atoms with van der Waals surface area (Å²) < 4.78 is 0. The minimum atomic E-state index is -1.02. The second-order valence-electron chi connectivity index (χ2n) is 3.86. The summed E-state index contributed by atoms with van der Waals surface area (Å²) >= 11 is 0. The first-order chi connectivity index (χ1) is 9.01. The lowest BCUT2D eigenvalue weighted by Crippen LogP contribution is -2.51. The molecule has 0 unspecified atom stereocenters. The number of hydrogen-bond donors (Lipinski definition) is 4. The zero-order chi connectivity index (χ0) is 14.7. The molecule has 0 aromatic heterocycles. The first kappa shape index (κ1) is 17.0. The smallest absolute Gasteiger partial charge is 0.241 e. The van der Waals surface area contributed by atoms with Crippen LogP contribution in [0.25, 0.3) is 0 Å². The van der Waals surface area contributed by atoms with Crippen LogP contribution in [0.3, 0.4) is 0 Å². The normalized spacial score (nSPS) is 11.4. The van der Waals surface area contributed by atoms with Crippen molar-refractivity contribution < 1.29 is 24.3 Å². The van der Waals surface area contributed by atoms with Crippen molar-refractivity contribution in [1.82, 2.24) is 10.6 Å². The van der Waals surface area contributed by atoms with Crippen LogP contribution in [-0.4, -0.2) is 48.3 Å². The third-order valence-electron chi connectivity index (χ3n) is 2.23. The number of aliphatic hydroxyl groups is 1. The van der Waals surface area contributed by atoms with E-state index in [1.807, 2.05) is 0 Å². The Balaban J connectivity index is 4.12. The predicted molar refractivity (Wildman–Crippen MR) is 65.8 cm³/mol. The molecule has 0 radical (unpaired) electrons. The Morgan fingerprint density at radius 2 is 1.89 bits per heavy atom. The van der Waals surface area contributed by atoms with Crippen molar-refractivity contribution in [2.45, 2.75) is 31.7 Å². The van der Waals surface area contributed by atoms with Gasteiger partial charge in [-0.1, -0.05) is 0 Å². The number of primary amides is 1. The van der Waals surface area contributed by atoms with Crippen LogP contribution < -0.4 is 16.4 Å². The number of aliphatic hydroxyl groups excluding tert-OH is 1. The lowest BCUT2D eigenvalue weighted by molar-refractivity contribution is -0.128. The zero-order valence-corrected chi connectivity index (χ0v) is 10.6. The largest absolute Gasteiger partial charge is 0.396 e. The molecule has 19 heavy (non-hydrogen) atoms. The van der Waals surface area contributed by atoms with Gasteiger partial charge in [-0.2, -0.15) is 0 Å². The number of carbonyl (C=O) groups excluding carboxylic acids is 4. The molecule has 0 fully saturated rings. The molecule has 0 spiro atoms. The Morgan fingerprint density at radius 3 is 2.42 bits per heavy atom. The fourth-order valence-electron chi connectivity index (χ4n) is 1.22. The molecule has 0 heterocycles. The summed E-state index contributed by atoms with van der Waals surface area (Å²) in [5.74, 6) is -1.61. The summed E-state index contributed by atoms with van der Waals surface area (Å²) in [7, 11) is 0. The highest BCUT2D eigenvalue weighted by Gasteiger charge is 2.18. The third kappa shape index (κ3) is 8.72. The fraction of sp³-hybridized carbons (Fsp3) is 0.636. The molecule has 0 aromatic rings. The average molecular weight is 273 g/mol. The van der Waals surface area contributed by atoms with E-state index < -0.39 is 17.9 Å². The minimum absolute atomic E-state index is 0.0360. The number of nitrogens with one attached hydrogen (secondary N) is 2. The second kappa shape index (κ2) is 10.0. The lowest BCUT2D eigenvalue weighted by atomic mass is 10.2. The van der Waals surface area contributed by atoms with Gasteiger partial charge in [0.2, 0.25) is 17.7 Å². The van der Waals surface area contributed by atoms with Gasteiger partial charge in [-0.05, 0) is 6.42 Å². The van der Waals surface area contributed by atoms with Crippen LogP contribution in [0.4, 0.5) is 0 Å². The van der Waals surface area contributed by atoms with E-state index in [0.29, 0.717) is 12.7 Å². The van der Waals surface area contributed by atoms with Gasteiger partial charge in [0.05, 0.1) is 0 Å². The van der Waals surface area contributed by atoms with E-state index in [2.05, 4.69) is 10.6 Å². The van der Waals surface area contributed by atoms with E-state index in [4.69, 9.17) is 10.8 Å². The predicted octanol–water partition coefficient (Wildman–Crippen LogP) is -2.18. The molecule has 0 saturated heterocycles. The van der Waals surface area contributed by atoms with E-state index in [1.54, 1.807) is 0 Å². The van der Waals surface area contributed by atoms with Crippen LogP contribution in [0.2, 0.25) is 0 Å². The van der Waals surface area contributed by atoms with Crippen molar-refractivity contribution in [3.63, 3.8) is 0 Å². The van der Waals surface area contributed by atoms with E-state index >= 15 is 0 Å². The van der Waals surface area contributed by atoms with Gasteiger partial charge in [0.1, 0.15) is 12.3 Å². The van der Waals surface area contributed by atoms with Gasteiger partial charge < -0.3 is 26.3 Å². The molecule has 3 amide bonds. The van der Waals surface area contributed by atoms with Gasteiger partial charge in [0.15, 0.2) is 0 Å². The van der Waals surface area contributed by atoms with Gasteiger partial charge in [-0.3, -0.25) is 14.4 Å². The number of amides is 3. The maximum absolute atomic E-state index is 11.3. The Morgan fingerprint density at radius 1 is 1.21 bits per heavy atom. The lowest BCUT2D eigenvalue weighted by Gasteiger charge is -2.15. The molecule has 0 aromatic carbocycles. The van der Waals surface area contributed by atoms with Gasteiger partial charge in [0, 0.05) is 32.4 Å². The first-order valence-corrected chi connectivity index (χ1v) is 5.91. The highest BCUT2D eigenvalue weighted by molar-refractivity contribution is 5.88. The monoisotopic (exact) mass is 273 g/mol. The van der Waals surface area contributed by atoms with Gasteiger partial charge in [-0.25, -0.2) is 0 Å². The summed E-state index contributed by atoms with van der Waals surface area (Å²) in [6.07, 6.45) is 1.06. The third-order valence-corrected chi connectivity index (χ3v) is 2.23. The molecule has 0 aliphatic rings. The molecule has 5 N–H and O–H groups in total. The van der Waals surface area contributed by atoms with Crippen molar-refractivity contribution in [3.05, 3.63) is 0 Å². The first-order valence-electron chi connectivity index (χ1n) is 5.91. The molecule has 8 heteroatoms. The SMILES string of the molecule is NC(=O)[C@H](CNC(=O)CCCO)NC(=O)CCC=O. The molecular weight excluding hydrogens is 254 g/mol. The maximum atomic E-state index is 11.3. The summed E-state index contributed by atoms with van der Waals surface area (Å²) in [5, 5.41) is 13.3. The highest BCUT2D eigenvalue weighted by Crippen LogP contribution is 1.90. The number of hydrogen-bond acceptors (Lipinski definition) is 5. The van der Waals surface area contributed by atoms with Gasteiger partial charge >= 0.3 is 0 Å². The number of aldehydes is 1. The maximum Gasteiger partial charge on any atom is 0.241 e. The van der Waals surface area contributed by atoms with Crippen LogP contribution in [0, 0.1) is 0 Å². The van der Waals surface area contributed by atoms with Crippen molar-refractivity contribution in [3.8, 4) is 0 Å². The van der Waals surface area contributed by atoms with Crippen LogP contribution in [0.1, 0.15) is 25.7 Å². The second-order valence-corrected chi connectivity index (χ2v) is 3.86. The van der Waals surface area contributed by atoms with Gasteiger partial charge in [0.25, 0.3) is 0 Å². The molecular formula is C11H19N3O5. The summed E-state index contributed by atoms with van der Waals surface area (Å²) in [6.45, 7) is -0.221. The average Bonchev–Trinajstić information content (AvgIpc) is 2.38. The van der Waals surface area contributed by atoms with Crippen LogP contribution in [0.5, 0.6) is 0 Å². The van der Waals surface area contributed by atoms with E-state index in [9.17, 15) is 19.2 Å². The van der Waals surface area contributed by atoms with Crippen molar-refractivity contribution >= 4 is 24.0 Å². The highest BCUT2D eigenvalue weighted by atomic mass is 16.3. The Bertz CT molecular complexity index is 332.